The average molecular weight is 297 g/mol. The summed E-state index contributed by atoms with van der Waals surface area (Å²) in [4.78, 5) is 9.02. The molecule has 0 unspecified atom stereocenters. The molecule has 19 heavy (non-hydrogen) atoms. The minimum Gasteiger partial charge on any atom is -0.481 e. The van der Waals surface area contributed by atoms with Gasteiger partial charge in [0.1, 0.15) is 10.7 Å². The third kappa shape index (κ3) is 1.99. The molecule has 0 N–H and O–H groups in total. The van der Waals surface area contributed by atoms with Gasteiger partial charge in [0.25, 0.3) is 0 Å². The van der Waals surface area contributed by atoms with E-state index in [-0.39, 0.29) is 0 Å². The summed E-state index contributed by atoms with van der Waals surface area (Å²) in [5.74, 6) is 3.01. The highest BCUT2D eigenvalue weighted by atomic mass is 35.5. The molecule has 0 atom stereocenters. The van der Waals surface area contributed by atoms with Crippen molar-refractivity contribution in [3.05, 3.63) is 22.1 Å². The lowest BCUT2D eigenvalue weighted by atomic mass is 10.2. The molecule has 0 fully saturated rings. The number of thioether (sulfide) groups is 1. The fraction of sp³-hybridized carbons (Fsp3) is 0.417. The standard InChI is InChI=1S/C12H13ClN4OS/c1-6-9(12(18-3)17(2)16-6)11-14-8-5-19-4-7(8)10(13)15-11/h4-5H2,1-3H3. The molecule has 0 bridgehead atoms. The maximum Gasteiger partial charge on any atom is 0.222 e. The number of aryl methyl sites for hydroxylation is 2. The Morgan fingerprint density at radius 2 is 2.11 bits per heavy atom. The SMILES string of the molecule is COc1c(-c2nc(Cl)c3c(n2)CSC3)c(C)nn1C. The van der Waals surface area contributed by atoms with Crippen LogP contribution in [0.4, 0.5) is 0 Å². The van der Waals surface area contributed by atoms with E-state index in [0.717, 1.165) is 34.0 Å². The van der Waals surface area contributed by atoms with Crippen LogP contribution < -0.4 is 4.74 Å². The van der Waals surface area contributed by atoms with Gasteiger partial charge in [-0.05, 0) is 6.92 Å². The number of nitrogens with zero attached hydrogens (tertiary/aromatic N) is 4. The minimum absolute atomic E-state index is 0.537. The lowest BCUT2D eigenvalue weighted by Crippen LogP contribution is -2.00. The Labute approximate surface area is 120 Å². The van der Waals surface area contributed by atoms with Gasteiger partial charge in [0, 0.05) is 24.1 Å². The number of aromatic nitrogens is 4. The van der Waals surface area contributed by atoms with Crippen LogP contribution in [0.25, 0.3) is 11.4 Å². The first-order valence-corrected chi connectivity index (χ1v) is 7.36. The largest absolute Gasteiger partial charge is 0.481 e. The molecule has 100 valence electrons. The normalized spacial score (nSPS) is 13.7. The van der Waals surface area contributed by atoms with E-state index in [0.29, 0.717) is 16.9 Å². The number of methoxy groups -OCH3 is 1. The smallest absolute Gasteiger partial charge is 0.222 e. The predicted octanol–water partition coefficient (Wildman–Crippen LogP) is 2.59. The zero-order chi connectivity index (χ0) is 13.6. The van der Waals surface area contributed by atoms with Gasteiger partial charge in [-0.25, -0.2) is 14.6 Å². The summed E-state index contributed by atoms with van der Waals surface area (Å²) in [6.45, 7) is 1.91. The van der Waals surface area contributed by atoms with Crippen molar-refractivity contribution in [3.63, 3.8) is 0 Å². The minimum atomic E-state index is 0.537. The van der Waals surface area contributed by atoms with Crippen molar-refractivity contribution in [1.29, 1.82) is 0 Å². The van der Waals surface area contributed by atoms with E-state index < -0.39 is 0 Å². The summed E-state index contributed by atoms with van der Waals surface area (Å²) in [7, 11) is 3.45. The van der Waals surface area contributed by atoms with E-state index in [9.17, 15) is 0 Å². The first-order valence-electron chi connectivity index (χ1n) is 5.82. The Morgan fingerprint density at radius 1 is 1.32 bits per heavy atom. The van der Waals surface area contributed by atoms with Crippen molar-refractivity contribution in [2.45, 2.75) is 18.4 Å². The molecule has 2 aromatic heterocycles. The molecule has 1 aliphatic heterocycles. The van der Waals surface area contributed by atoms with Crippen LogP contribution in [0.3, 0.4) is 0 Å². The molecule has 3 rings (SSSR count). The van der Waals surface area contributed by atoms with Crippen molar-refractivity contribution in [2.24, 2.45) is 7.05 Å². The third-order valence-electron chi connectivity index (χ3n) is 3.11. The molecule has 1 aliphatic rings. The fourth-order valence-electron chi connectivity index (χ4n) is 2.25. The number of fused-ring (bicyclic) bond motifs is 1. The molecular formula is C12H13ClN4OS. The highest BCUT2D eigenvalue weighted by Crippen LogP contribution is 2.36. The second kappa shape index (κ2) is 4.68. The summed E-state index contributed by atoms with van der Waals surface area (Å²) < 4.78 is 7.07. The van der Waals surface area contributed by atoms with Crippen molar-refractivity contribution in [3.8, 4) is 17.3 Å². The van der Waals surface area contributed by atoms with Gasteiger partial charge in [-0.3, -0.25) is 0 Å². The first-order chi connectivity index (χ1) is 9.11. The molecule has 0 spiro atoms. The number of ether oxygens (including phenoxy) is 1. The Hall–Kier alpha value is -1.27. The highest BCUT2D eigenvalue weighted by molar-refractivity contribution is 7.98. The summed E-state index contributed by atoms with van der Waals surface area (Å²) in [6.07, 6.45) is 0. The second-order valence-electron chi connectivity index (χ2n) is 4.35. The Balaban J connectivity index is 2.20. The molecule has 2 aromatic rings. The lowest BCUT2D eigenvalue weighted by molar-refractivity contribution is 0.374. The van der Waals surface area contributed by atoms with Crippen LogP contribution in [-0.2, 0) is 18.6 Å². The van der Waals surface area contributed by atoms with Crippen LogP contribution >= 0.6 is 23.4 Å². The van der Waals surface area contributed by atoms with Gasteiger partial charge in [-0.2, -0.15) is 16.9 Å². The zero-order valence-electron chi connectivity index (χ0n) is 10.9. The molecule has 0 saturated heterocycles. The second-order valence-corrected chi connectivity index (χ2v) is 5.69. The number of rotatable bonds is 2. The lowest BCUT2D eigenvalue weighted by Gasteiger charge is -2.07. The third-order valence-corrected chi connectivity index (χ3v) is 4.40. The van der Waals surface area contributed by atoms with Crippen molar-refractivity contribution < 1.29 is 4.74 Å². The quantitative estimate of drug-likeness (QED) is 0.797. The van der Waals surface area contributed by atoms with Gasteiger partial charge in [0.15, 0.2) is 5.82 Å². The maximum atomic E-state index is 6.25. The van der Waals surface area contributed by atoms with Crippen molar-refractivity contribution in [2.75, 3.05) is 7.11 Å². The molecule has 0 saturated carbocycles. The molecule has 0 aromatic carbocycles. The molecule has 0 aliphatic carbocycles. The van der Waals surface area contributed by atoms with E-state index >= 15 is 0 Å². The Morgan fingerprint density at radius 3 is 2.84 bits per heavy atom. The first kappa shape index (κ1) is 12.7. The van der Waals surface area contributed by atoms with Crippen molar-refractivity contribution >= 4 is 23.4 Å². The van der Waals surface area contributed by atoms with Crippen molar-refractivity contribution in [1.82, 2.24) is 19.7 Å². The Kier molecular flexibility index (Phi) is 3.14. The van der Waals surface area contributed by atoms with Gasteiger partial charge in [-0.1, -0.05) is 11.6 Å². The van der Waals surface area contributed by atoms with Crippen LogP contribution in [0.5, 0.6) is 5.88 Å². The number of halogens is 1. The molecule has 3 heterocycles. The maximum absolute atomic E-state index is 6.25. The summed E-state index contributed by atoms with van der Waals surface area (Å²) in [6, 6.07) is 0. The molecular weight excluding hydrogens is 284 g/mol. The van der Waals surface area contributed by atoms with E-state index in [2.05, 4.69) is 15.1 Å². The summed E-state index contributed by atoms with van der Waals surface area (Å²) >= 11 is 8.05. The zero-order valence-corrected chi connectivity index (χ0v) is 12.5. The molecule has 0 radical (unpaired) electrons. The highest BCUT2D eigenvalue weighted by Gasteiger charge is 2.23. The van der Waals surface area contributed by atoms with Crippen LogP contribution in [-0.4, -0.2) is 26.9 Å². The van der Waals surface area contributed by atoms with Gasteiger partial charge < -0.3 is 4.74 Å². The number of hydrogen-bond acceptors (Lipinski definition) is 5. The fourth-order valence-corrected chi connectivity index (χ4v) is 3.63. The molecule has 0 amide bonds. The van der Waals surface area contributed by atoms with Crippen LogP contribution in [0.1, 0.15) is 17.0 Å². The van der Waals surface area contributed by atoms with E-state index in [1.807, 2.05) is 14.0 Å². The van der Waals surface area contributed by atoms with Crippen LogP contribution in [0.15, 0.2) is 0 Å². The summed E-state index contributed by atoms with van der Waals surface area (Å²) in [5, 5.41) is 4.88. The van der Waals surface area contributed by atoms with Gasteiger partial charge in [0.05, 0.1) is 18.5 Å². The summed E-state index contributed by atoms with van der Waals surface area (Å²) in [5.41, 5.74) is 3.72. The van der Waals surface area contributed by atoms with E-state index in [1.165, 1.54) is 0 Å². The van der Waals surface area contributed by atoms with E-state index in [4.69, 9.17) is 16.3 Å². The molecule has 7 heteroatoms. The van der Waals surface area contributed by atoms with E-state index in [1.54, 1.807) is 23.6 Å². The van der Waals surface area contributed by atoms with Gasteiger partial charge in [-0.15, -0.1) is 0 Å². The monoisotopic (exact) mass is 296 g/mol. The van der Waals surface area contributed by atoms with Gasteiger partial charge in [0.2, 0.25) is 5.88 Å². The average Bonchev–Trinajstić information content (AvgIpc) is 2.93. The van der Waals surface area contributed by atoms with Gasteiger partial charge >= 0.3 is 0 Å². The Bertz CT molecular complexity index is 656. The molecule has 5 nitrogen and oxygen atoms in total. The van der Waals surface area contributed by atoms with Crippen LogP contribution in [0, 0.1) is 6.92 Å². The topological polar surface area (TPSA) is 52.8 Å². The number of hydrogen-bond donors (Lipinski definition) is 0. The van der Waals surface area contributed by atoms with Crippen LogP contribution in [0.2, 0.25) is 5.15 Å². The predicted molar refractivity (Wildman–Crippen MR) is 75.5 cm³/mol.